The predicted octanol–water partition coefficient (Wildman–Crippen LogP) is -0.781. The number of carbonyl (C=O) groups is 4. The highest BCUT2D eigenvalue weighted by Crippen LogP contribution is 1.92. The number of nitrogens with two attached hydrogens (primary N) is 1. The number of aliphatic carboxylic acids is 3. The van der Waals surface area contributed by atoms with E-state index in [0.29, 0.717) is 0 Å². The van der Waals surface area contributed by atoms with Crippen LogP contribution in [0.1, 0.15) is 26.2 Å². The normalized spacial score (nSPS) is 10.7. The molecule has 0 rings (SSSR count). The second kappa shape index (κ2) is 11.9. The van der Waals surface area contributed by atoms with Gasteiger partial charge in [-0.15, -0.1) is 0 Å². The highest BCUT2D eigenvalue weighted by atomic mass is 17.2. The Hall–Kier alpha value is -2.20. The van der Waals surface area contributed by atoms with Gasteiger partial charge in [-0.2, -0.15) is 4.89 Å². The van der Waals surface area contributed by atoms with Crippen molar-refractivity contribution >= 4 is 23.9 Å². The fourth-order valence-electron chi connectivity index (χ4n) is 0.651. The first-order valence-corrected chi connectivity index (χ1v) is 5.44. The Labute approximate surface area is 114 Å². The van der Waals surface area contributed by atoms with Gasteiger partial charge >= 0.3 is 23.9 Å². The summed E-state index contributed by atoms with van der Waals surface area (Å²) >= 11 is 0. The summed E-state index contributed by atoms with van der Waals surface area (Å²) in [6, 6.07) is -1.29. The van der Waals surface area contributed by atoms with E-state index < -0.39 is 36.3 Å². The molecule has 0 heterocycles. The monoisotopic (exact) mass is 295 g/mol. The van der Waals surface area contributed by atoms with E-state index in [-0.39, 0.29) is 19.4 Å². The second-order valence-corrected chi connectivity index (χ2v) is 3.30. The van der Waals surface area contributed by atoms with Gasteiger partial charge in [-0.25, -0.2) is 4.79 Å². The molecule has 1 atom stereocenters. The molecular weight excluding hydrogens is 278 g/mol. The lowest BCUT2D eigenvalue weighted by atomic mass is 10.2. The summed E-state index contributed by atoms with van der Waals surface area (Å²) in [6.07, 6.45) is -0.920. The summed E-state index contributed by atoms with van der Waals surface area (Å²) in [7, 11) is 0. The minimum absolute atomic E-state index is 0.157. The molecule has 0 radical (unpaired) electrons. The van der Waals surface area contributed by atoms with E-state index in [0.717, 1.165) is 0 Å². The van der Waals surface area contributed by atoms with E-state index in [2.05, 4.69) is 9.78 Å². The van der Waals surface area contributed by atoms with Crippen LogP contribution in [0.15, 0.2) is 0 Å². The third kappa shape index (κ3) is 15.8. The van der Waals surface area contributed by atoms with Crippen molar-refractivity contribution in [2.75, 3.05) is 6.61 Å². The van der Waals surface area contributed by atoms with Crippen LogP contribution in [0.25, 0.3) is 0 Å². The zero-order valence-electron chi connectivity index (χ0n) is 10.8. The lowest BCUT2D eigenvalue weighted by molar-refractivity contribution is -0.269. The van der Waals surface area contributed by atoms with Crippen molar-refractivity contribution < 1.29 is 44.3 Å². The maximum atomic E-state index is 10.5. The van der Waals surface area contributed by atoms with Crippen LogP contribution in [0, 0.1) is 0 Å². The van der Waals surface area contributed by atoms with Gasteiger partial charge in [0.05, 0.1) is 25.9 Å². The molecule has 0 saturated carbocycles. The lowest BCUT2D eigenvalue weighted by Crippen LogP contribution is -2.32. The van der Waals surface area contributed by atoms with E-state index >= 15 is 0 Å². The van der Waals surface area contributed by atoms with Crippen molar-refractivity contribution in [2.24, 2.45) is 5.73 Å². The highest BCUT2D eigenvalue weighted by Gasteiger charge is 2.14. The summed E-state index contributed by atoms with van der Waals surface area (Å²) < 4.78 is 0. The van der Waals surface area contributed by atoms with Crippen molar-refractivity contribution in [3.63, 3.8) is 0 Å². The number of carboxylic acid groups (broad SMARTS) is 3. The molecule has 0 saturated heterocycles. The van der Waals surface area contributed by atoms with E-state index in [4.69, 9.17) is 21.1 Å². The summed E-state index contributed by atoms with van der Waals surface area (Å²) in [5, 5.41) is 24.2. The molecule has 5 N–H and O–H groups in total. The average molecular weight is 295 g/mol. The lowest BCUT2D eigenvalue weighted by Gasteiger charge is -1.99. The van der Waals surface area contributed by atoms with Gasteiger partial charge in [-0.3, -0.25) is 19.3 Å². The Morgan fingerprint density at radius 2 is 1.60 bits per heavy atom. The fourth-order valence-corrected chi connectivity index (χ4v) is 0.651. The van der Waals surface area contributed by atoms with Crippen LogP contribution >= 0.6 is 0 Å². The standard InChI is InChI=1S/C6H10O5.C4H7NO4/c1-2-10-11-6(9)4-3-5(7)8;5-2(4(8)9)1-3(6)7/h2-4H2,1H3,(H,7,8);2H,1,5H2,(H,6,7)(H,8,9)/t;2-/m.0/s1. The van der Waals surface area contributed by atoms with Gasteiger partial charge in [0.1, 0.15) is 6.04 Å². The van der Waals surface area contributed by atoms with Crippen LogP contribution in [0.3, 0.4) is 0 Å². The number of hydrogen-bond acceptors (Lipinski definition) is 7. The Balaban J connectivity index is 0. The SMILES string of the molecule is CCOOC(=O)CCC(=O)O.N[C@@H](CC(=O)O)C(=O)O. The number of carbonyl (C=O) groups excluding carboxylic acids is 1. The van der Waals surface area contributed by atoms with Crippen molar-refractivity contribution in [3.05, 3.63) is 0 Å². The maximum absolute atomic E-state index is 10.5. The first-order valence-electron chi connectivity index (χ1n) is 5.44. The minimum Gasteiger partial charge on any atom is -0.481 e. The molecule has 116 valence electrons. The minimum atomic E-state index is -1.29. The van der Waals surface area contributed by atoms with E-state index in [1.807, 2.05) is 0 Å². The number of hydrogen-bond donors (Lipinski definition) is 4. The summed E-state index contributed by atoms with van der Waals surface area (Å²) in [6.45, 7) is 1.92. The van der Waals surface area contributed by atoms with Crippen molar-refractivity contribution in [1.82, 2.24) is 0 Å². The molecule has 10 heteroatoms. The molecular formula is C10H17NO9. The molecule has 20 heavy (non-hydrogen) atoms. The van der Waals surface area contributed by atoms with E-state index in [1.165, 1.54) is 0 Å². The molecule has 0 spiro atoms. The maximum Gasteiger partial charge on any atom is 0.342 e. The molecule has 0 aliphatic carbocycles. The van der Waals surface area contributed by atoms with Gasteiger partial charge in [0.2, 0.25) is 0 Å². The van der Waals surface area contributed by atoms with Gasteiger partial charge in [-0.1, -0.05) is 0 Å². The van der Waals surface area contributed by atoms with Crippen LogP contribution in [-0.2, 0) is 29.0 Å². The Bertz CT molecular complexity index is 342. The molecule has 0 aliphatic heterocycles. The van der Waals surface area contributed by atoms with Gasteiger partial charge in [0.25, 0.3) is 0 Å². The molecule has 0 aliphatic rings. The van der Waals surface area contributed by atoms with E-state index in [9.17, 15) is 19.2 Å². The van der Waals surface area contributed by atoms with Crippen molar-refractivity contribution in [2.45, 2.75) is 32.2 Å². The third-order valence-electron chi connectivity index (χ3n) is 1.52. The molecule has 0 aromatic rings. The topological polar surface area (TPSA) is 173 Å². The van der Waals surface area contributed by atoms with Gasteiger partial charge in [0, 0.05) is 0 Å². The zero-order valence-corrected chi connectivity index (χ0v) is 10.8. The first-order chi connectivity index (χ1) is 9.20. The van der Waals surface area contributed by atoms with Gasteiger partial charge in [0.15, 0.2) is 0 Å². The van der Waals surface area contributed by atoms with Gasteiger partial charge < -0.3 is 21.1 Å². The van der Waals surface area contributed by atoms with Crippen LogP contribution in [0.4, 0.5) is 0 Å². The Morgan fingerprint density at radius 3 is 1.90 bits per heavy atom. The molecule has 0 amide bonds. The smallest absolute Gasteiger partial charge is 0.342 e. The van der Waals surface area contributed by atoms with E-state index in [1.54, 1.807) is 6.92 Å². The zero-order chi connectivity index (χ0) is 16.1. The number of rotatable bonds is 8. The van der Waals surface area contributed by atoms with Crippen LogP contribution in [-0.4, -0.2) is 51.8 Å². The Kier molecular flexibility index (Phi) is 11.9. The average Bonchev–Trinajstić information content (AvgIpc) is 2.33. The molecule has 10 nitrogen and oxygen atoms in total. The summed E-state index contributed by atoms with van der Waals surface area (Å²) in [4.78, 5) is 48.5. The van der Waals surface area contributed by atoms with Crippen LogP contribution < -0.4 is 5.73 Å². The molecule has 0 aromatic carbocycles. The first kappa shape index (κ1) is 20.1. The summed E-state index contributed by atoms with van der Waals surface area (Å²) in [5.41, 5.74) is 4.84. The highest BCUT2D eigenvalue weighted by molar-refractivity contribution is 5.80. The molecule has 0 bridgehead atoms. The molecule has 0 aromatic heterocycles. The molecule has 0 fully saturated rings. The van der Waals surface area contributed by atoms with Crippen LogP contribution in [0.5, 0.6) is 0 Å². The largest absolute Gasteiger partial charge is 0.481 e. The predicted molar refractivity (Wildman–Crippen MR) is 62.5 cm³/mol. The fraction of sp³-hybridized carbons (Fsp3) is 0.600. The Morgan fingerprint density at radius 1 is 1.05 bits per heavy atom. The van der Waals surface area contributed by atoms with Crippen LogP contribution in [0.2, 0.25) is 0 Å². The number of carboxylic acids is 3. The quantitative estimate of drug-likeness (QED) is 0.328. The molecule has 0 unspecified atom stereocenters. The third-order valence-corrected chi connectivity index (χ3v) is 1.52. The van der Waals surface area contributed by atoms with Crippen molar-refractivity contribution in [3.8, 4) is 0 Å². The van der Waals surface area contributed by atoms with Crippen molar-refractivity contribution in [1.29, 1.82) is 0 Å². The summed E-state index contributed by atoms with van der Waals surface area (Å²) in [5.74, 6) is -4.19. The second-order valence-electron chi connectivity index (χ2n) is 3.30. The van der Waals surface area contributed by atoms with Gasteiger partial charge in [-0.05, 0) is 6.92 Å².